The SMILES string of the molecule is Cc1ccccc1OC(=O)CNC(=O)C(C)C. The van der Waals surface area contributed by atoms with E-state index in [9.17, 15) is 9.59 Å². The van der Waals surface area contributed by atoms with Gasteiger partial charge in [-0.1, -0.05) is 32.0 Å². The zero-order valence-corrected chi connectivity index (χ0v) is 10.3. The van der Waals surface area contributed by atoms with Crippen LogP contribution >= 0.6 is 0 Å². The van der Waals surface area contributed by atoms with Crippen LogP contribution in [0, 0.1) is 12.8 Å². The number of amides is 1. The van der Waals surface area contributed by atoms with E-state index in [0.717, 1.165) is 5.56 Å². The standard InChI is InChI=1S/C13H17NO3/c1-9(2)13(16)14-8-12(15)17-11-7-5-4-6-10(11)3/h4-7,9H,8H2,1-3H3,(H,14,16). The molecule has 0 atom stereocenters. The lowest BCUT2D eigenvalue weighted by Crippen LogP contribution is -2.34. The highest BCUT2D eigenvalue weighted by Gasteiger charge is 2.10. The van der Waals surface area contributed by atoms with Gasteiger partial charge in [0.25, 0.3) is 0 Å². The summed E-state index contributed by atoms with van der Waals surface area (Å²) in [5.41, 5.74) is 0.885. The monoisotopic (exact) mass is 235 g/mol. The molecule has 0 aromatic heterocycles. The number of ether oxygens (including phenoxy) is 1. The van der Waals surface area contributed by atoms with Gasteiger partial charge in [0.1, 0.15) is 12.3 Å². The number of carbonyl (C=O) groups is 2. The average molecular weight is 235 g/mol. The first-order chi connectivity index (χ1) is 8.00. The van der Waals surface area contributed by atoms with E-state index in [0.29, 0.717) is 5.75 Å². The van der Waals surface area contributed by atoms with Gasteiger partial charge in [-0.05, 0) is 18.6 Å². The summed E-state index contributed by atoms with van der Waals surface area (Å²) in [6.07, 6.45) is 0. The maximum Gasteiger partial charge on any atom is 0.330 e. The lowest BCUT2D eigenvalue weighted by Gasteiger charge is -2.09. The minimum atomic E-state index is -0.465. The Balaban J connectivity index is 2.46. The van der Waals surface area contributed by atoms with Gasteiger partial charge in [0.2, 0.25) is 5.91 Å². The third-order valence-electron chi connectivity index (χ3n) is 2.25. The summed E-state index contributed by atoms with van der Waals surface area (Å²) >= 11 is 0. The minimum Gasteiger partial charge on any atom is -0.425 e. The fraction of sp³-hybridized carbons (Fsp3) is 0.385. The Morgan fingerprint density at radius 2 is 1.94 bits per heavy atom. The molecule has 1 N–H and O–H groups in total. The zero-order chi connectivity index (χ0) is 12.8. The second kappa shape index (κ2) is 6.03. The van der Waals surface area contributed by atoms with E-state index in [2.05, 4.69) is 5.32 Å². The first-order valence-electron chi connectivity index (χ1n) is 5.54. The molecule has 0 saturated carbocycles. The van der Waals surface area contributed by atoms with Crippen molar-refractivity contribution >= 4 is 11.9 Å². The first kappa shape index (κ1) is 13.2. The number of hydrogen-bond donors (Lipinski definition) is 1. The van der Waals surface area contributed by atoms with E-state index in [1.54, 1.807) is 26.0 Å². The fourth-order valence-corrected chi connectivity index (χ4v) is 1.19. The van der Waals surface area contributed by atoms with E-state index in [-0.39, 0.29) is 18.4 Å². The third kappa shape index (κ3) is 4.26. The highest BCUT2D eigenvalue weighted by molar-refractivity contribution is 5.83. The van der Waals surface area contributed by atoms with Crippen LogP contribution in [-0.4, -0.2) is 18.4 Å². The van der Waals surface area contributed by atoms with Crippen LogP contribution in [0.25, 0.3) is 0 Å². The molecule has 0 spiro atoms. The van der Waals surface area contributed by atoms with Crippen LogP contribution in [0.4, 0.5) is 0 Å². The molecule has 17 heavy (non-hydrogen) atoms. The third-order valence-corrected chi connectivity index (χ3v) is 2.25. The Hall–Kier alpha value is -1.84. The number of esters is 1. The molecule has 0 aliphatic carbocycles. The van der Waals surface area contributed by atoms with E-state index < -0.39 is 5.97 Å². The second-order valence-corrected chi connectivity index (χ2v) is 4.11. The molecule has 0 radical (unpaired) electrons. The number of carbonyl (C=O) groups excluding carboxylic acids is 2. The maximum absolute atomic E-state index is 11.5. The molecule has 0 aliphatic rings. The molecule has 0 aliphatic heterocycles. The fourth-order valence-electron chi connectivity index (χ4n) is 1.19. The van der Waals surface area contributed by atoms with Gasteiger partial charge in [-0.15, -0.1) is 0 Å². The summed E-state index contributed by atoms with van der Waals surface area (Å²) < 4.78 is 5.12. The number of hydrogen-bond acceptors (Lipinski definition) is 3. The van der Waals surface area contributed by atoms with Crippen LogP contribution in [-0.2, 0) is 9.59 Å². The molecule has 0 heterocycles. The Labute approximate surface area is 101 Å². The van der Waals surface area contributed by atoms with Gasteiger partial charge >= 0.3 is 5.97 Å². The van der Waals surface area contributed by atoms with Gasteiger partial charge in [0.05, 0.1) is 0 Å². The average Bonchev–Trinajstić information content (AvgIpc) is 2.29. The van der Waals surface area contributed by atoms with E-state index >= 15 is 0 Å². The van der Waals surface area contributed by atoms with Gasteiger partial charge < -0.3 is 10.1 Å². The largest absolute Gasteiger partial charge is 0.425 e. The smallest absolute Gasteiger partial charge is 0.330 e. The predicted molar refractivity (Wildman–Crippen MR) is 64.7 cm³/mol. The molecule has 0 fully saturated rings. The van der Waals surface area contributed by atoms with Crippen molar-refractivity contribution in [1.29, 1.82) is 0 Å². The van der Waals surface area contributed by atoms with Crippen LogP contribution in [0.3, 0.4) is 0 Å². The summed E-state index contributed by atoms with van der Waals surface area (Å²) in [6, 6.07) is 7.24. The van der Waals surface area contributed by atoms with Crippen molar-refractivity contribution in [2.45, 2.75) is 20.8 Å². The molecular formula is C13H17NO3. The molecule has 4 nitrogen and oxygen atoms in total. The van der Waals surface area contributed by atoms with Gasteiger partial charge in [-0.25, -0.2) is 4.79 Å². The van der Waals surface area contributed by atoms with E-state index in [4.69, 9.17) is 4.74 Å². The number of aryl methyl sites for hydroxylation is 1. The van der Waals surface area contributed by atoms with Crippen LogP contribution < -0.4 is 10.1 Å². The molecule has 92 valence electrons. The zero-order valence-electron chi connectivity index (χ0n) is 10.3. The highest BCUT2D eigenvalue weighted by atomic mass is 16.5. The summed E-state index contributed by atoms with van der Waals surface area (Å²) in [5, 5.41) is 2.51. The number of rotatable bonds is 4. The molecule has 4 heteroatoms. The Kier molecular flexibility index (Phi) is 4.69. The highest BCUT2D eigenvalue weighted by Crippen LogP contribution is 2.15. The number of nitrogens with one attached hydrogen (secondary N) is 1. The number of para-hydroxylation sites is 1. The summed E-state index contributed by atoms with van der Waals surface area (Å²) in [7, 11) is 0. The molecule has 1 aromatic rings. The van der Waals surface area contributed by atoms with Crippen molar-refractivity contribution in [1.82, 2.24) is 5.32 Å². The topological polar surface area (TPSA) is 55.4 Å². The Bertz CT molecular complexity index is 413. The first-order valence-corrected chi connectivity index (χ1v) is 5.54. The van der Waals surface area contributed by atoms with Crippen molar-refractivity contribution in [2.24, 2.45) is 5.92 Å². The molecule has 0 saturated heterocycles. The summed E-state index contributed by atoms with van der Waals surface area (Å²) in [4.78, 5) is 22.7. The van der Waals surface area contributed by atoms with Crippen LogP contribution in [0.2, 0.25) is 0 Å². The predicted octanol–water partition coefficient (Wildman–Crippen LogP) is 1.67. The van der Waals surface area contributed by atoms with Crippen molar-refractivity contribution in [3.05, 3.63) is 29.8 Å². The van der Waals surface area contributed by atoms with Crippen LogP contribution in [0.1, 0.15) is 19.4 Å². The maximum atomic E-state index is 11.5. The van der Waals surface area contributed by atoms with E-state index in [1.165, 1.54) is 0 Å². The van der Waals surface area contributed by atoms with E-state index in [1.807, 2.05) is 19.1 Å². The molecule has 1 rings (SSSR count). The van der Waals surface area contributed by atoms with Crippen LogP contribution in [0.15, 0.2) is 24.3 Å². The molecule has 0 bridgehead atoms. The quantitative estimate of drug-likeness (QED) is 0.638. The summed E-state index contributed by atoms with van der Waals surface area (Å²) in [6.45, 7) is 5.28. The molecular weight excluding hydrogens is 218 g/mol. The normalized spacial score (nSPS) is 10.1. The molecule has 1 amide bonds. The Morgan fingerprint density at radius 3 is 2.53 bits per heavy atom. The van der Waals surface area contributed by atoms with Gasteiger partial charge in [0.15, 0.2) is 0 Å². The second-order valence-electron chi connectivity index (χ2n) is 4.11. The van der Waals surface area contributed by atoms with Crippen molar-refractivity contribution in [3.8, 4) is 5.75 Å². The molecule has 1 aromatic carbocycles. The van der Waals surface area contributed by atoms with Gasteiger partial charge in [-0.3, -0.25) is 4.79 Å². The van der Waals surface area contributed by atoms with Crippen LogP contribution in [0.5, 0.6) is 5.75 Å². The van der Waals surface area contributed by atoms with Crippen molar-refractivity contribution in [2.75, 3.05) is 6.54 Å². The van der Waals surface area contributed by atoms with Crippen molar-refractivity contribution in [3.63, 3.8) is 0 Å². The lowest BCUT2D eigenvalue weighted by atomic mass is 10.2. The summed E-state index contributed by atoms with van der Waals surface area (Å²) in [5.74, 6) is -0.238. The van der Waals surface area contributed by atoms with Crippen molar-refractivity contribution < 1.29 is 14.3 Å². The van der Waals surface area contributed by atoms with Gasteiger partial charge in [-0.2, -0.15) is 0 Å². The number of benzene rings is 1. The molecule has 0 unspecified atom stereocenters. The Morgan fingerprint density at radius 1 is 1.29 bits per heavy atom. The minimum absolute atomic E-state index is 0.106. The van der Waals surface area contributed by atoms with Gasteiger partial charge in [0, 0.05) is 5.92 Å². The lowest BCUT2D eigenvalue weighted by molar-refractivity contribution is -0.136.